The zero-order valence-corrected chi connectivity index (χ0v) is 4.60. The van der Waals surface area contributed by atoms with Crippen molar-refractivity contribution >= 4 is 5.90 Å². The van der Waals surface area contributed by atoms with Crippen LogP contribution in [0.25, 0.3) is 0 Å². The molecule has 0 radical (unpaired) electrons. The molecule has 1 rings (SSSR count). The van der Waals surface area contributed by atoms with Gasteiger partial charge in [0, 0.05) is 12.3 Å². The molecule has 1 atom stereocenters. The summed E-state index contributed by atoms with van der Waals surface area (Å²) >= 11 is 0. The molecule has 5 nitrogen and oxygen atoms in total. The van der Waals surface area contributed by atoms with Crippen molar-refractivity contribution < 1.29 is 10.2 Å². The summed E-state index contributed by atoms with van der Waals surface area (Å²) in [5, 5.41) is 18.3. The van der Waals surface area contributed by atoms with Crippen molar-refractivity contribution in [2.24, 2.45) is 10.8 Å². The van der Waals surface area contributed by atoms with Crippen molar-refractivity contribution in [2.75, 3.05) is 0 Å². The van der Waals surface area contributed by atoms with Crippen LogP contribution in [0.4, 0.5) is 0 Å². The standard InChI is InChI=1S/C4H7N3O2/c5-7-2-1-3(8)6-4(7)9/h1-2,4,9H,5H2,(H,6,8). The third-order valence-electron chi connectivity index (χ3n) is 0.910. The first kappa shape index (κ1) is 6.06. The highest BCUT2D eigenvalue weighted by Crippen LogP contribution is 1.98. The topological polar surface area (TPSA) is 82.1 Å². The van der Waals surface area contributed by atoms with Crippen LogP contribution in [0.1, 0.15) is 0 Å². The lowest BCUT2D eigenvalue weighted by atomic mass is 10.5. The predicted octanol–water partition coefficient (Wildman–Crippen LogP) is -1.08. The fraction of sp³-hybridized carbons (Fsp3) is 0.250. The maximum absolute atomic E-state index is 8.75. The Kier molecular flexibility index (Phi) is 1.37. The molecule has 0 amide bonds. The highest BCUT2D eigenvalue weighted by Gasteiger charge is 2.10. The summed E-state index contributed by atoms with van der Waals surface area (Å²) in [4.78, 5) is 3.31. The molecule has 1 aliphatic rings. The molecule has 0 aromatic carbocycles. The average Bonchev–Trinajstić information content (AvgIpc) is 1.80. The van der Waals surface area contributed by atoms with Crippen molar-refractivity contribution in [3.63, 3.8) is 0 Å². The lowest BCUT2D eigenvalue weighted by Gasteiger charge is -2.19. The van der Waals surface area contributed by atoms with E-state index in [4.69, 9.17) is 16.1 Å². The maximum Gasteiger partial charge on any atom is 0.241 e. The lowest BCUT2D eigenvalue weighted by molar-refractivity contribution is 0.0418. The van der Waals surface area contributed by atoms with Gasteiger partial charge in [0.15, 0.2) is 0 Å². The van der Waals surface area contributed by atoms with Gasteiger partial charge in [0.25, 0.3) is 0 Å². The van der Waals surface area contributed by atoms with Crippen molar-refractivity contribution in [3.05, 3.63) is 12.3 Å². The van der Waals surface area contributed by atoms with Crippen molar-refractivity contribution in [3.8, 4) is 0 Å². The Morgan fingerprint density at radius 1 is 1.78 bits per heavy atom. The molecule has 0 aromatic rings. The van der Waals surface area contributed by atoms with Gasteiger partial charge in [0.1, 0.15) is 0 Å². The SMILES string of the molecule is NN1C=CC(O)=NC1O. The lowest BCUT2D eigenvalue weighted by Crippen LogP contribution is -2.37. The molecule has 1 heterocycles. The zero-order chi connectivity index (χ0) is 6.85. The first-order chi connectivity index (χ1) is 4.20. The minimum absolute atomic E-state index is 0.218. The molecular formula is C4H7N3O2. The summed E-state index contributed by atoms with van der Waals surface area (Å²) in [5.74, 6) is 4.90. The van der Waals surface area contributed by atoms with E-state index in [1.54, 1.807) is 0 Å². The van der Waals surface area contributed by atoms with Gasteiger partial charge in [0.2, 0.25) is 12.2 Å². The second-order valence-corrected chi connectivity index (χ2v) is 1.60. The zero-order valence-electron chi connectivity index (χ0n) is 4.60. The molecule has 0 saturated carbocycles. The summed E-state index contributed by atoms with van der Waals surface area (Å²) in [5.41, 5.74) is 0. The van der Waals surface area contributed by atoms with Gasteiger partial charge in [-0.25, -0.2) is 5.84 Å². The Hall–Kier alpha value is -1.07. The summed E-state index contributed by atoms with van der Waals surface area (Å²) in [6.07, 6.45) is 1.45. The van der Waals surface area contributed by atoms with Crippen molar-refractivity contribution in [1.82, 2.24) is 5.01 Å². The highest BCUT2D eigenvalue weighted by molar-refractivity contribution is 5.86. The Bertz CT molecular complexity index is 165. The molecule has 0 fully saturated rings. The van der Waals surface area contributed by atoms with Crippen LogP contribution in [0, 0.1) is 0 Å². The molecule has 9 heavy (non-hydrogen) atoms. The summed E-state index contributed by atoms with van der Waals surface area (Å²) in [7, 11) is 0. The third kappa shape index (κ3) is 1.18. The van der Waals surface area contributed by atoms with E-state index < -0.39 is 6.35 Å². The molecule has 1 unspecified atom stereocenters. The number of aliphatic imine (C=N–C) groups is 1. The van der Waals surface area contributed by atoms with Gasteiger partial charge in [-0.1, -0.05) is 0 Å². The molecule has 0 aromatic heterocycles. The number of rotatable bonds is 0. The number of hydrazine groups is 1. The van der Waals surface area contributed by atoms with Gasteiger partial charge < -0.3 is 10.2 Å². The van der Waals surface area contributed by atoms with Crippen LogP contribution < -0.4 is 5.84 Å². The van der Waals surface area contributed by atoms with E-state index in [2.05, 4.69) is 4.99 Å². The van der Waals surface area contributed by atoms with Gasteiger partial charge in [-0.15, -0.1) is 0 Å². The van der Waals surface area contributed by atoms with Crippen molar-refractivity contribution in [2.45, 2.75) is 6.35 Å². The predicted molar refractivity (Wildman–Crippen MR) is 31.2 cm³/mol. The highest BCUT2D eigenvalue weighted by atomic mass is 16.3. The second kappa shape index (κ2) is 2.04. The van der Waals surface area contributed by atoms with Crippen LogP contribution in [0.15, 0.2) is 17.3 Å². The summed E-state index contributed by atoms with van der Waals surface area (Å²) in [6, 6.07) is 0. The van der Waals surface area contributed by atoms with E-state index in [9.17, 15) is 0 Å². The minimum Gasteiger partial charge on any atom is -0.493 e. The minimum atomic E-state index is -1.16. The normalized spacial score (nSPS) is 26.2. The van der Waals surface area contributed by atoms with E-state index >= 15 is 0 Å². The van der Waals surface area contributed by atoms with Gasteiger partial charge >= 0.3 is 0 Å². The average molecular weight is 129 g/mol. The number of aliphatic hydroxyl groups is 2. The molecule has 0 bridgehead atoms. The molecular weight excluding hydrogens is 122 g/mol. The Morgan fingerprint density at radius 2 is 2.44 bits per heavy atom. The Balaban J connectivity index is 2.70. The number of hydrogen-bond donors (Lipinski definition) is 3. The smallest absolute Gasteiger partial charge is 0.241 e. The summed E-state index contributed by atoms with van der Waals surface area (Å²) < 4.78 is 0. The van der Waals surface area contributed by atoms with E-state index in [0.717, 1.165) is 5.01 Å². The van der Waals surface area contributed by atoms with Crippen LogP contribution in [0.3, 0.4) is 0 Å². The molecule has 0 saturated heterocycles. The molecule has 4 N–H and O–H groups in total. The van der Waals surface area contributed by atoms with Gasteiger partial charge in [0.05, 0.1) is 0 Å². The fourth-order valence-electron chi connectivity index (χ4n) is 0.458. The van der Waals surface area contributed by atoms with Crippen LogP contribution in [0.5, 0.6) is 0 Å². The first-order valence-corrected chi connectivity index (χ1v) is 2.36. The molecule has 0 aliphatic carbocycles. The molecule has 0 spiro atoms. The molecule has 50 valence electrons. The Morgan fingerprint density at radius 3 is 2.89 bits per heavy atom. The van der Waals surface area contributed by atoms with Gasteiger partial charge in [-0.2, -0.15) is 4.99 Å². The Labute approximate surface area is 51.7 Å². The fourth-order valence-corrected chi connectivity index (χ4v) is 0.458. The number of aliphatic hydroxyl groups excluding tert-OH is 2. The van der Waals surface area contributed by atoms with Gasteiger partial charge in [-0.05, 0) is 0 Å². The van der Waals surface area contributed by atoms with Gasteiger partial charge in [-0.3, -0.25) is 5.01 Å². The third-order valence-corrected chi connectivity index (χ3v) is 0.910. The van der Waals surface area contributed by atoms with Crippen LogP contribution in [-0.2, 0) is 0 Å². The first-order valence-electron chi connectivity index (χ1n) is 2.36. The largest absolute Gasteiger partial charge is 0.493 e. The number of hydrogen-bond acceptors (Lipinski definition) is 4. The van der Waals surface area contributed by atoms with E-state index in [0.29, 0.717) is 0 Å². The molecule has 5 heteroatoms. The number of nitrogens with zero attached hydrogens (tertiary/aromatic N) is 2. The maximum atomic E-state index is 8.75. The molecule has 1 aliphatic heterocycles. The van der Waals surface area contributed by atoms with E-state index in [1.165, 1.54) is 12.3 Å². The van der Waals surface area contributed by atoms with Crippen LogP contribution in [0.2, 0.25) is 0 Å². The summed E-state index contributed by atoms with van der Waals surface area (Å²) in [6.45, 7) is 0. The quantitative estimate of drug-likeness (QED) is 0.363. The van der Waals surface area contributed by atoms with Crippen molar-refractivity contribution in [1.29, 1.82) is 0 Å². The van der Waals surface area contributed by atoms with E-state index in [1.807, 2.05) is 0 Å². The van der Waals surface area contributed by atoms with Crippen LogP contribution in [-0.4, -0.2) is 27.5 Å². The number of nitrogens with two attached hydrogens (primary N) is 1. The van der Waals surface area contributed by atoms with E-state index in [-0.39, 0.29) is 5.90 Å². The van der Waals surface area contributed by atoms with Crippen LogP contribution >= 0.6 is 0 Å². The second-order valence-electron chi connectivity index (χ2n) is 1.60. The monoisotopic (exact) mass is 129 g/mol.